The second-order valence-electron chi connectivity index (χ2n) is 8.52. The fourth-order valence-electron chi connectivity index (χ4n) is 3.61. The normalized spacial score (nSPS) is 23.8. The number of rotatable bonds is 13. The summed E-state index contributed by atoms with van der Waals surface area (Å²) in [7, 11) is 0. The molecule has 0 aliphatic carbocycles. The Hall–Kier alpha value is -3.35. The maximum absolute atomic E-state index is 13.8. The molecule has 210 valence electrons. The number of carbonyl (C=O) groups is 3. The van der Waals surface area contributed by atoms with Gasteiger partial charge in [-0.3, -0.25) is 9.59 Å². The molecule has 0 spiro atoms. The molecule has 2 amide bonds. The van der Waals surface area contributed by atoms with Crippen LogP contribution in [0.1, 0.15) is 44.1 Å². The Morgan fingerprint density at radius 2 is 1.84 bits per heavy atom. The molecule has 1 fully saturated rings. The lowest BCUT2D eigenvalue weighted by atomic mass is 9.99. The van der Waals surface area contributed by atoms with E-state index < -0.39 is 72.3 Å². The number of anilines is 1. The summed E-state index contributed by atoms with van der Waals surface area (Å²) in [5.41, 5.74) is 4.55. The number of aliphatic carboxylic acids is 1. The molecule has 1 aromatic carbocycles. The lowest BCUT2D eigenvalue weighted by molar-refractivity contribution is -0.271. The van der Waals surface area contributed by atoms with Crippen molar-refractivity contribution in [3.8, 4) is 18.1 Å². The smallest absolute Gasteiger partial charge is 0.335 e. The topological polar surface area (TPSA) is 201 Å². The Kier molecular flexibility index (Phi) is 11.8. The summed E-state index contributed by atoms with van der Waals surface area (Å²) in [5, 5.41) is 43.8. The van der Waals surface area contributed by atoms with Gasteiger partial charge in [0.25, 0.3) is 6.43 Å². The minimum absolute atomic E-state index is 0.0964. The second kappa shape index (κ2) is 14.6. The fourth-order valence-corrected chi connectivity index (χ4v) is 3.61. The molecule has 1 heterocycles. The Morgan fingerprint density at radius 3 is 2.45 bits per heavy atom. The number of carboxylic acid groups (broad SMARTS) is 1. The number of carbonyl (C=O) groups excluding carboxylic acids is 2. The molecule has 14 heteroatoms. The highest BCUT2D eigenvalue weighted by molar-refractivity contribution is 5.97. The highest BCUT2D eigenvalue weighted by Gasteiger charge is 2.48. The van der Waals surface area contributed by atoms with Gasteiger partial charge in [0.15, 0.2) is 6.10 Å². The van der Waals surface area contributed by atoms with Gasteiger partial charge in [-0.25, -0.2) is 13.6 Å². The molecule has 12 nitrogen and oxygen atoms in total. The fraction of sp³-hybridized carbons (Fsp3) is 0.542. The molecule has 0 radical (unpaired) electrons. The SMILES string of the molecule is C#CCC(NC(=O)CCCCCN)C(=O)Nc1ccc(OC2OC(C(=O)O)C(O)C(O)C2O)c(C(F)F)c1. The van der Waals surface area contributed by atoms with Gasteiger partial charge in [0.2, 0.25) is 18.1 Å². The van der Waals surface area contributed by atoms with Crippen LogP contribution in [-0.4, -0.2) is 81.5 Å². The molecule has 0 bridgehead atoms. The number of benzene rings is 1. The molecule has 1 aliphatic rings. The summed E-state index contributed by atoms with van der Waals surface area (Å²) in [6, 6.07) is 1.93. The van der Waals surface area contributed by atoms with Crippen molar-refractivity contribution in [3.63, 3.8) is 0 Å². The van der Waals surface area contributed by atoms with Crippen molar-refractivity contribution in [1.82, 2.24) is 5.32 Å². The monoisotopic (exact) mass is 543 g/mol. The van der Waals surface area contributed by atoms with Crippen molar-refractivity contribution in [3.05, 3.63) is 23.8 Å². The first-order valence-corrected chi connectivity index (χ1v) is 11.7. The van der Waals surface area contributed by atoms with Crippen molar-refractivity contribution < 1.29 is 53.1 Å². The maximum Gasteiger partial charge on any atom is 0.335 e. The average molecular weight is 544 g/mol. The first-order valence-electron chi connectivity index (χ1n) is 11.7. The van der Waals surface area contributed by atoms with E-state index in [1.807, 2.05) is 0 Å². The molecular formula is C24H31F2N3O9. The van der Waals surface area contributed by atoms with Gasteiger partial charge < -0.3 is 46.3 Å². The van der Waals surface area contributed by atoms with Gasteiger partial charge in [0, 0.05) is 18.5 Å². The summed E-state index contributed by atoms with van der Waals surface area (Å²) >= 11 is 0. The van der Waals surface area contributed by atoms with Crippen LogP contribution in [0.25, 0.3) is 0 Å². The molecule has 38 heavy (non-hydrogen) atoms. The third-order valence-electron chi connectivity index (χ3n) is 5.65. The third-order valence-corrected chi connectivity index (χ3v) is 5.65. The standard InChI is InChI=1S/C24H31F2N3O9/c1-2-6-14(29-16(30)7-4-3-5-10-27)22(34)28-12-8-9-15(13(11-12)21(25)26)37-24-19(33)17(31)18(32)20(38-24)23(35)36/h1,8-9,11,14,17-21,24,31-33H,3-7,10,27H2,(H,28,34)(H,29,30)(H,35,36). The summed E-state index contributed by atoms with van der Waals surface area (Å²) in [6.07, 6.45) is -5.65. The van der Waals surface area contributed by atoms with Crippen molar-refractivity contribution in [2.24, 2.45) is 5.73 Å². The number of aliphatic hydroxyl groups excluding tert-OH is 3. The van der Waals surface area contributed by atoms with Crippen LogP contribution in [-0.2, 0) is 19.1 Å². The van der Waals surface area contributed by atoms with Crippen LogP contribution >= 0.6 is 0 Å². The van der Waals surface area contributed by atoms with Crippen molar-refractivity contribution >= 4 is 23.5 Å². The number of unbranched alkanes of at least 4 members (excludes halogenated alkanes) is 2. The van der Waals surface area contributed by atoms with Crippen LogP contribution in [0.3, 0.4) is 0 Å². The average Bonchev–Trinajstić information content (AvgIpc) is 2.87. The number of terminal acetylenes is 1. The van der Waals surface area contributed by atoms with E-state index in [4.69, 9.17) is 26.7 Å². The van der Waals surface area contributed by atoms with E-state index in [0.29, 0.717) is 13.0 Å². The quantitative estimate of drug-likeness (QED) is 0.130. The second-order valence-corrected chi connectivity index (χ2v) is 8.52. The number of nitrogens with two attached hydrogens (primary N) is 1. The summed E-state index contributed by atoms with van der Waals surface area (Å²) < 4.78 is 37.8. The van der Waals surface area contributed by atoms with Crippen LogP contribution in [0.5, 0.6) is 5.75 Å². The number of aliphatic hydroxyl groups is 3. The van der Waals surface area contributed by atoms with Gasteiger partial charge in [-0.1, -0.05) is 6.42 Å². The highest BCUT2D eigenvalue weighted by atomic mass is 19.3. The molecule has 1 aromatic rings. The summed E-state index contributed by atoms with van der Waals surface area (Å²) in [5.74, 6) is -1.10. The molecule has 0 aromatic heterocycles. The lowest BCUT2D eigenvalue weighted by Gasteiger charge is -2.38. The number of ether oxygens (including phenoxy) is 2. The minimum atomic E-state index is -3.15. The third kappa shape index (κ3) is 8.33. The largest absolute Gasteiger partial charge is 0.479 e. The molecular weight excluding hydrogens is 512 g/mol. The number of carboxylic acids is 1. The minimum Gasteiger partial charge on any atom is -0.479 e. The summed E-state index contributed by atoms with van der Waals surface area (Å²) in [6.45, 7) is 0.496. The van der Waals surface area contributed by atoms with E-state index in [0.717, 1.165) is 25.0 Å². The zero-order valence-electron chi connectivity index (χ0n) is 20.3. The zero-order chi connectivity index (χ0) is 28.4. The lowest BCUT2D eigenvalue weighted by Crippen LogP contribution is -2.61. The van der Waals surface area contributed by atoms with Gasteiger partial charge >= 0.3 is 5.97 Å². The van der Waals surface area contributed by atoms with Gasteiger partial charge in [-0.15, -0.1) is 12.3 Å². The zero-order valence-corrected chi connectivity index (χ0v) is 20.3. The number of amides is 2. The van der Waals surface area contributed by atoms with Crippen molar-refractivity contribution in [2.75, 3.05) is 11.9 Å². The number of alkyl halides is 2. The van der Waals surface area contributed by atoms with Crippen LogP contribution in [0.4, 0.5) is 14.5 Å². The molecule has 0 saturated carbocycles. The Balaban J connectivity index is 2.14. The maximum atomic E-state index is 13.8. The first kappa shape index (κ1) is 30.9. The van der Waals surface area contributed by atoms with E-state index in [2.05, 4.69) is 16.6 Å². The van der Waals surface area contributed by atoms with E-state index in [-0.39, 0.29) is 18.5 Å². The van der Waals surface area contributed by atoms with Crippen LogP contribution in [0.15, 0.2) is 18.2 Å². The molecule has 1 saturated heterocycles. The molecule has 8 N–H and O–H groups in total. The highest BCUT2D eigenvalue weighted by Crippen LogP contribution is 2.34. The van der Waals surface area contributed by atoms with E-state index in [1.54, 1.807) is 0 Å². The molecule has 1 aliphatic heterocycles. The predicted octanol–water partition coefficient (Wildman–Crippen LogP) is -0.139. The predicted molar refractivity (Wildman–Crippen MR) is 128 cm³/mol. The molecule has 2 rings (SSSR count). The van der Waals surface area contributed by atoms with Crippen molar-refractivity contribution in [2.45, 2.75) is 75.3 Å². The number of hydrogen-bond donors (Lipinski definition) is 7. The van der Waals surface area contributed by atoms with Gasteiger partial charge in [-0.2, -0.15) is 0 Å². The first-order chi connectivity index (χ1) is 18.0. The van der Waals surface area contributed by atoms with Crippen molar-refractivity contribution in [1.29, 1.82) is 0 Å². The Morgan fingerprint density at radius 1 is 1.13 bits per heavy atom. The van der Waals surface area contributed by atoms with E-state index in [1.165, 1.54) is 6.07 Å². The number of nitrogens with one attached hydrogen (secondary N) is 2. The van der Waals surface area contributed by atoms with Crippen LogP contribution < -0.4 is 21.1 Å². The van der Waals surface area contributed by atoms with Gasteiger partial charge in [0.05, 0.1) is 5.56 Å². The van der Waals surface area contributed by atoms with E-state index >= 15 is 0 Å². The Labute approximate surface area is 217 Å². The van der Waals surface area contributed by atoms with Crippen LogP contribution in [0.2, 0.25) is 0 Å². The number of halogens is 2. The van der Waals surface area contributed by atoms with E-state index in [9.17, 15) is 38.5 Å². The van der Waals surface area contributed by atoms with Gasteiger partial charge in [0.1, 0.15) is 30.1 Å². The number of hydrogen-bond acceptors (Lipinski definition) is 9. The molecule has 6 unspecified atom stereocenters. The van der Waals surface area contributed by atoms with Crippen LogP contribution in [0, 0.1) is 12.3 Å². The summed E-state index contributed by atoms with van der Waals surface area (Å²) in [4.78, 5) is 36.1. The Bertz CT molecular complexity index is 1020. The molecule has 6 atom stereocenters. The van der Waals surface area contributed by atoms with Gasteiger partial charge in [-0.05, 0) is 37.6 Å².